The van der Waals surface area contributed by atoms with Crippen LogP contribution >= 0.6 is 0 Å². The Balaban J connectivity index is 3.01. The number of rotatable bonds is 2. The fraction of sp³-hybridized carbons (Fsp3) is 0.300. The minimum absolute atomic E-state index is 0.209. The average Bonchev–Trinajstić information content (AvgIpc) is 2.07. The average molecular weight is 205 g/mol. The molecule has 0 N–H and O–H groups in total. The molecule has 1 radical (unpaired) electrons. The minimum atomic E-state index is -4.48. The molecule has 0 bridgehead atoms. The van der Waals surface area contributed by atoms with Crippen molar-refractivity contribution < 1.29 is 17.6 Å². The first-order chi connectivity index (χ1) is 6.45. The number of hydrogen-bond acceptors (Lipinski definition) is 0. The van der Waals surface area contributed by atoms with Crippen molar-refractivity contribution >= 4 is 0 Å². The van der Waals surface area contributed by atoms with Gasteiger partial charge in [-0.3, -0.25) is 0 Å². The van der Waals surface area contributed by atoms with E-state index >= 15 is 0 Å². The zero-order valence-corrected chi connectivity index (χ0v) is 7.53. The molecule has 0 heterocycles. The normalized spacial score (nSPS) is 11.8. The third kappa shape index (κ3) is 2.47. The quantitative estimate of drug-likeness (QED) is 0.644. The van der Waals surface area contributed by atoms with Gasteiger partial charge in [0.2, 0.25) is 0 Å². The molecule has 0 aliphatic heterocycles. The highest BCUT2D eigenvalue weighted by Gasteiger charge is 2.30. The maximum Gasteiger partial charge on any atom is 0.416 e. The van der Waals surface area contributed by atoms with E-state index in [1.54, 1.807) is 6.92 Å². The Morgan fingerprint density at radius 1 is 1.29 bits per heavy atom. The highest BCUT2D eigenvalue weighted by atomic mass is 19.4. The van der Waals surface area contributed by atoms with Crippen molar-refractivity contribution in [2.45, 2.75) is 19.5 Å². The molecular weight excluding hydrogens is 196 g/mol. The van der Waals surface area contributed by atoms with Crippen LogP contribution in [0.1, 0.15) is 24.5 Å². The van der Waals surface area contributed by atoms with Crippen LogP contribution in [0.2, 0.25) is 0 Å². The lowest BCUT2D eigenvalue weighted by Gasteiger charge is -2.08. The molecule has 0 aliphatic rings. The van der Waals surface area contributed by atoms with Crippen LogP contribution in [-0.2, 0) is 6.18 Å². The smallest absolute Gasteiger partial charge is 0.207 e. The van der Waals surface area contributed by atoms with E-state index in [0.29, 0.717) is 12.5 Å². The van der Waals surface area contributed by atoms with Gasteiger partial charge in [0.05, 0.1) is 5.56 Å². The summed E-state index contributed by atoms with van der Waals surface area (Å²) < 4.78 is 49.4. The van der Waals surface area contributed by atoms with Crippen molar-refractivity contribution in [1.82, 2.24) is 0 Å². The van der Waals surface area contributed by atoms with Crippen LogP contribution in [0.3, 0.4) is 0 Å². The molecule has 1 aromatic carbocycles. The van der Waals surface area contributed by atoms with Crippen LogP contribution in [0, 0.1) is 12.2 Å². The summed E-state index contributed by atoms with van der Waals surface area (Å²) in [6.45, 7) is 1.79. The molecule has 0 saturated carbocycles. The molecule has 0 atom stereocenters. The molecule has 14 heavy (non-hydrogen) atoms. The van der Waals surface area contributed by atoms with Gasteiger partial charge in [-0.1, -0.05) is 13.0 Å². The van der Waals surface area contributed by atoms with Gasteiger partial charge in [0.25, 0.3) is 0 Å². The number of benzene rings is 1. The summed E-state index contributed by atoms with van der Waals surface area (Å²) in [6.07, 6.45) is -2.36. The van der Waals surface area contributed by atoms with Crippen LogP contribution in [0.5, 0.6) is 0 Å². The Labute approximate surface area is 79.6 Å². The van der Waals surface area contributed by atoms with Crippen LogP contribution in [-0.4, -0.2) is 0 Å². The molecule has 0 aliphatic carbocycles. The van der Waals surface area contributed by atoms with Crippen molar-refractivity contribution in [2.75, 3.05) is 0 Å². The fourth-order valence-electron chi connectivity index (χ4n) is 1.09. The minimum Gasteiger partial charge on any atom is -0.207 e. The molecule has 0 aromatic heterocycles. The van der Waals surface area contributed by atoms with E-state index in [4.69, 9.17) is 0 Å². The Kier molecular flexibility index (Phi) is 3.13. The highest BCUT2D eigenvalue weighted by molar-refractivity contribution is 5.30. The van der Waals surface area contributed by atoms with Crippen LogP contribution in [0.15, 0.2) is 18.2 Å². The van der Waals surface area contributed by atoms with E-state index in [1.807, 2.05) is 0 Å². The summed E-state index contributed by atoms with van der Waals surface area (Å²) in [5, 5.41) is 0. The second-order valence-electron chi connectivity index (χ2n) is 2.85. The second-order valence-corrected chi connectivity index (χ2v) is 2.85. The molecule has 77 valence electrons. The first-order valence-corrected chi connectivity index (χ1v) is 4.15. The first kappa shape index (κ1) is 11.0. The van der Waals surface area contributed by atoms with Crippen molar-refractivity contribution in [3.8, 4) is 0 Å². The van der Waals surface area contributed by atoms with Gasteiger partial charge >= 0.3 is 6.18 Å². The summed E-state index contributed by atoms with van der Waals surface area (Å²) in [6, 6.07) is 2.54. The molecule has 1 rings (SSSR count). The lowest BCUT2D eigenvalue weighted by atomic mass is 10.1. The molecule has 0 nitrogen and oxygen atoms in total. The zero-order chi connectivity index (χ0) is 10.8. The van der Waals surface area contributed by atoms with Gasteiger partial charge in [-0.15, -0.1) is 0 Å². The maximum absolute atomic E-state index is 13.0. The first-order valence-electron chi connectivity index (χ1n) is 4.15. The molecule has 1 aromatic rings. The largest absolute Gasteiger partial charge is 0.416 e. The predicted octanol–water partition coefficient (Wildman–Crippen LogP) is 3.81. The van der Waals surface area contributed by atoms with Crippen molar-refractivity contribution in [2.24, 2.45) is 0 Å². The monoisotopic (exact) mass is 205 g/mol. The lowest BCUT2D eigenvalue weighted by molar-refractivity contribution is -0.137. The van der Waals surface area contributed by atoms with E-state index in [2.05, 4.69) is 0 Å². The Hall–Kier alpha value is -1.06. The standard InChI is InChI=1S/C10H9F4/c1-2-3-7-4-5-8(6-9(7)11)10(12,13)14/h3-6H,2H2,1H3. The maximum atomic E-state index is 13.0. The molecule has 0 unspecified atom stereocenters. The van der Waals surface area contributed by atoms with Gasteiger partial charge < -0.3 is 0 Å². The van der Waals surface area contributed by atoms with E-state index in [-0.39, 0.29) is 5.56 Å². The Bertz CT molecular complexity index is 314. The number of halogens is 4. The number of alkyl halides is 3. The van der Waals surface area contributed by atoms with Gasteiger partial charge in [0.15, 0.2) is 0 Å². The molecule has 0 spiro atoms. The van der Waals surface area contributed by atoms with E-state index in [1.165, 1.54) is 6.42 Å². The van der Waals surface area contributed by atoms with Gasteiger partial charge in [0.1, 0.15) is 5.82 Å². The molecule has 4 heteroatoms. The van der Waals surface area contributed by atoms with Gasteiger partial charge in [-0.25, -0.2) is 4.39 Å². The summed E-state index contributed by atoms with van der Waals surface area (Å²) in [5.74, 6) is -0.832. The van der Waals surface area contributed by atoms with Crippen LogP contribution in [0.4, 0.5) is 17.6 Å². The SMILES string of the molecule is CC[CH]c1ccc(C(F)(F)F)cc1F. The fourth-order valence-corrected chi connectivity index (χ4v) is 1.09. The van der Waals surface area contributed by atoms with Crippen molar-refractivity contribution in [3.05, 3.63) is 41.6 Å². The molecular formula is C10H9F4. The Morgan fingerprint density at radius 2 is 1.93 bits per heavy atom. The second kappa shape index (κ2) is 3.98. The third-order valence-corrected chi connectivity index (χ3v) is 1.75. The summed E-state index contributed by atoms with van der Waals surface area (Å²) >= 11 is 0. The zero-order valence-electron chi connectivity index (χ0n) is 7.53. The number of hydrogen-bond donors (Lipinski definition) is 0. The third-order valence-electron chi connectivity index (χ3n) is 1.75. The summed E-state index contributed by atoms with van der Waals surface area (Å²) in [5.41, 5.74) is -0.747. The van der Waals surface area contributed by atoms with Gasteiger partial charge in [0, 0.05) is 0 Å². The lowest BCUT2D eigenvalue weighted by Crippen LogP contribution is -2.05. The van der Waals surface area contributed by atoms with Gasteiger partial charge in [-0.2, -0.15) is 13.2 Å². The van der Waals surface area contributed by atoms with Crippen molar-refractivity contribution in [3.63, 3.8) is 0 Å². The van der Waals surface area contributed by atoms with Gasteiger partial charge in [-0.05, 0) is 30.5 Å². The van der Waals surface area contributed by atoms with E-state index in [0.717, 1.165) is 12.1 Å². The van der Waals surface area contributed by atoms with Crippen LogP contribution < -0.4 is 0 Å². The van der Waals surface area contributed by atoms with Crippen molar-refractivity contribution in [1.29, 1.82) is 0 Å². The highest BCUT2D eigenvalue weighted by Crippen LogP contribution is 2.30. The van der Waals surface area contributed by atoms with Crippen LogP contribution in [0.25, 0.3) is 0 Å². The predicted molar refractivity (Wildman–Crippen MR) is 45.1 cm³/mol. The van der Waals surface area contributed by atoms with E-state index in [9.17, 15) is 17.6 Å². The van der Waals surface area contributed by atoms with E-state index < -0.39 is 17.6 Å². The molecule has 0 saturated heterocycles. The Morgan fingerprint density at radius 3 is 2.36 bits per heavy atom. The molecule has 0 fully saturated rings. The topological polar surface area (TPSA) is 0 Å². The molecule has 0 amide bonds. The summed E-state index contributed by atoms with van der Waals surface area (Å²) in [4.78, 5) is 0. The summed E-state index contributed by atoms with van der Waals surface area (Å²) in [7, 11) is 0.